The molecule has 0 aliphatic carbocycles. The van der Waals surface area contributed by atoms with Gasteiger partial charge in [0.1, 0.15) is 17.2 Å². The minimum absolute atomic E-state index is 0.248. The molecule has 1 aromatic carbocycles. The molecular weight excluding hydrogens is 349 g/mol. The molecule has 0 fully saturated rings. The largest absolute Gasteiger partial charge is 0.382 e. The van der Waals surface area contributed by atoms with E-state index in [2.05, 4.69) is 20.9 Å². The van der Waals surface area contributed by atoms with Crippen molar-refractivity contribution in [3.8, 4) is 0 Å². The minimum Gasteiger partial charge on any atom is -0.382 e. The molecule has 0 saturated carbocycles. The van der Waals surface area contributed by atoms with Crippen LogP contribution in [0.15, 0.2) is 39.9 Å². The molecule has 22 heavy (non-hydrogen) atoms. The lowest BCUT2D eigenvalue weighted by Crippen LogP contribution is -2.42. The van der Waals surface area contributed by atoms with Gasteiger partial charge in [0.05, 0.1) is 18.8 Å². The Balaban J connectivity index is 2.18. The zero-order valence-electron chi connectivity index (χ0n) is 12.4. The maximum atomic E-state index is 14.4. The van der Waals surface area contributed by atoms with Crippen molar-refractivity contribution in [2.75, 3.05) is 13.7 Å². The van der Waals surface area contributed by atoms with Crippen molar-refractivity contribution in [1.82, 2.24) is 4.57 Å². The number of aliphatic imine (C=N–C) groups is 1. The Bertz CT molecular complexity index is 756. The van der Waals surface area contributed by atoms with Crippen LogP contribution in [0.5, 0.6) is 0 Å². The summed E-state index contributed by atoms with van der Waals surface area (Å²) < 4.78 is 22.6. The average Bonchev–Trinajstić information content (AvgIpc) is 2.82. The second kappa shape index (κ2) is 5.52. The molecule has 1 aliphatic rings. The monoisotopic (exact) mass is 365 g/mol. The first kappa shape index (κ1) is 15.2. The lowest BCUT2D eigenvalue weighted by Gasteiger charge is -2.35. The second-order valence-electron chi connectivity index (χ2n) is 5.62. The number of rotatable bonds is 3. The molecule has 2 N–H and O–H groups in total. The zero-order chi connectivity index (χ0) is 15.9. The summed E-state index contributed by atoms with van der Waals surface area (Å²) in [6, 6.07) is 6.82. The third-order valence-electron chi connectivity index (χ3n) is 3.87. The van der Waals surface area contributed by atoms with Crippen LogP contribution in [0.2, 0.25) is 0 Å². The molecule has 6 heteroatoms. The number of nitrogens with zero attached hydrogens (tertiary/aromatic N) is 2. The summed E-state index contributed by atoms with van der Waals surface area (Å²) in [6.45, 7) is 2.73. The number of halogens is 2. The van der Waals surface area contributed by atoms with Crippen molar-refractivity contribution in [3.05, 3.63) is 57.6 Å². The molecule has 1 unspecified atom stereocenters. The van der Waals surface area contributed by atoms with Gasteiger partial charge in [-0.3, -0.25) is 4.99 Å². The minimum atomic E-state index is -0.870. The Morgan fingerprint density at radius 2 is 2.23 bits per heavy atom. The summed E-state index contributed by atoms with van der Waals surface area (Å²) in [7, 11) is 1.58. The predicted molar refractivity (Wildman–Crippen MR) is 87.5 cm³/mol. The van der Waals surface area contributed by atoms with Gasteiger partial charge in [0.25, 0.3) is 0 Å². The van der Waals surface area contributed by atoms with Crippen LogP contribution >= 0.6 is 15.9 Å². The topological polar surface area (TPSA) is 52.5 Å². The van der Waals surface area contributed by atoms with Gasteiger partial charge in [0.15, 0.2) is 0 Å². The van der Waals surface area contributed by atoms with Crippen LogP contribution < -0.4 is 5.73 Å². The lowest BCUT2D eigenvalue weighted by molar-refractivity contribution is 0.118. The van der Waals surface area contributed by atoms with E-state index >= 15 is 0 Å². The number of ether oxygens (including phenoxy) is 1. The van der Waals surface area contributed by atoms with Crippen molar-refractivity contribution in [3.63, 3.8) is 0 Å². The number of methoxy groups -OCH3 is 1. The van der Waals surface area contributed by atoms with Gasteiger partial charge in [-0.2, -0.15) is 0 Å². The highest BCUT2D eigenvalue weighted by Crippen LogP contribution is 2.36. The molecule has 2 aromatic rings. The lowest BCUT2D eigenvalue weighted by atomic mass is 9.89. The van der Waals surface area contributed by atoms with Gasteiger partial charge in [-0.1, -0.05) is 15.9 Å². The van der Waals surface area contributed by atoms with E-state index in [1.54, 1.807) is 19.2 Å². The normalized spacial score (nSPS) is 20.6. The summed E-state index contributed by atoms with van der Waals surface area (Å²) in [5.74, 6) is 0.0832. The van der Waals surface area contributed by atoms with E-state index in [1.807, 2.05) is 23.8 Å². The Hall–Kier alpha value is -1.66. The van der Waals surface area contributed by atoms with E-state index in [-0.39, 0.29) is 12.4 Å². The highest BCUT2D eigenvalue weighted by Gasteiger charge is 2.39. The van der Waals surface area contributed by atoms with Crippen molar-refractivity contribution in [2.24, 2.45) is 10.7 Å². The fourth-order valence-electron chi connectivity index (χ4n) is 3.00. The maximum absolute atomic E-state index is 14.4. The van der Waals surface area contributed by atoms with Crippen LogP contribution in [-0.4, -0.2) is 24.1 Å². The number of aryl methyl sites for hydroxylation is 1. The number of aromatic nitrogens is 1. The van der Waals surface area contributed by atoms with Gasteiger partial charge in [-0.05, 0) is 36.8 Å². The molecule has 1 aliphatic heterocycles. The van der Waals surface area contributed by atoms with Gasteiger partial charge < -0.3 is 15.0 Å². The van der Waals surface area contributed by atoms with Gasteiger partial charge in [0.2, 0.25) is 0 Å². The standard InChI is InChI=1S/C16H17BrFN3O/c1-10-5-14-15(19)20-16(9-22-2,8-21(14)7-10)12-6-11(17)3-4-13(12)18/h3-7H,8-9H2,1-2H3,(H2,19,20). The number of fused-ring (bicyclic) bond motifs is 1. The van der Waals surface area contributed by atoms with Gasteiger partial charge >= 0.3 is 0 Å². The molecule has 3 rings (SSSR count). The third kappa shape index (κ3) is 2.46. The maximum Gasteiger partial charge on any atom is 0.143 e. The zero-order valence-corrected chi connectivity index (χ0v) is 14.0. The highest BCUT2D eigenvalue weighted by atomic mass is 79.9. The summed E-state index contributed by atoms with van der Waals surface area (Å²) in [4.78, 5) is 4.62. The number of hydrogen-bond acceptors (Lipinski definition) is 3. The number of hydrogen-bond donors (Lipinski definition) is 1. The van der Waals surface area contributed by atoms with E-state index in [0.29, 0.717) is 17.9 Å². The first-order valence-electron chi connectivity index (χ1n) is 6.92. The first-order valence-corrected chi connectivity index (χ1v) is 7.71. The van der Waals surface area contributed by atoms with Crippen LogP contribution in [0.3, 0.4) is 0 Å². The average molecular weight is 366 g/mol. The molecule has 0 radical (unpaired) electrons. The summed E-state index contributed by atoms with van der Waals surface area (Å²) in [6.07, 6.45) is 2.00. The van der Waals surface area contributed by atoms with E-state index in [4.69, 9.17) is 10.5 Å². The van der Waals surface area contributed by atoms with E-state index in [1.165, 1.54) is 6.07 Å². The van der Waals surface area contributed by atoms with Crippen molar-refractivity contribution in [1.29, 1.82) is 0 Å². The van der Waals surface area contributed by atoms with Crippen LogP contribution in [0, 0.1) is 12.7 Å². The Labute approximate surface area is 136 Å². The Kier molecular flexibility index (Phi) is 3.82. The third-order valence-corrected chi connectivity index (χ3v) is 4.37. The van der Waals surface area contributed by atoms with Crippen LogP contribution in [0.4, 0.5) is 4.39 Å². The number of benzene rings is 1. The van der Waals surface area contributed by atoms with Crippen molar-refractivity contribution in [2.45, 2.75) is 19.0 Å². The Morgan fingerprint density at radius 1 is 1.45 bits per heavy atom. The van der Waals surface area contributed by atoms with E-state index in [9.17, 15) is 4.39 Å². The molecule has 0 saturated heterocycles. The SMILES string of the molecule is COCC1(c2cc(Br)ccc2F)Cn2cc(C)cc2C(N)=N1. The molecule has 0 bridgehead atoms. The quantitative estimate of drug-likeness (QED) is 0.908. The van der Waals surface area contributed by atoms with Gasteiger partial charge in [-0.25, -0.2) is 4.39 Å². The van der Waals surface area contributed by atoms with Gasteiger partial charge in [0, 0.05) is 23.3 Å². The van der Waals surface area contributed by atoms with Crippen LogP contribution in [0.1, 0.15) is 16.8 Å². The molecule has 0 amide bonds. The molecule has 2 heterocycles. The Morgan fingerprint density at radius 3 is 2.95 bits per heavy atom. The molecule has 116 valence electrons. The summed E-state index contributed by atoms with van der Waals surface area (Å²) in [5, 5.41) is 0. The molecule has 1 atom stereocenters. The van der Waals surface area contributed by atoms with Crippen molar-refractivity contribution < 1.29 is 9.13 Å². The van der Waals surface area contributed by atoms with Crippen LogP contribution in [-0.2, 0) is 16.8 Å². The van der Waals surface area contributed by atoms with Gasteiger partial charge in [-0.15, -0.1) is 0 Å². The predicted octanol–water partition coefficient (Wildman–Crippen LogP) is 2.96. The highest BCUT2D eigenvalue weighted by molar-refractivity contribution is 9.10. The number of amidine groups is 1. The summed E-state index contributed by atoms with van der Waals surface area (Å²) >= 11 is 3.40. The molecule has 4 nitrogen and oxygen atoms in total. The van der Waals surface area contributed by atoms with Crippen molar-refractivity contribution >= 4 is 21.8 Å². The molecular formula is C16H17BrFN3O. The summed E-state index contributed by atoms with van der Waals surface area (Å²) in [5.41, 5.74) is 7.69. The smallest absolute Gasteiger partial charge is 0.143 e. The first-order chi connectivity index (χ1) is 10.4. The van der Waals surface area contributed by atoms with E-state index in [0.717, 1.165) is 15.7 Å². The second-order valence-corrected chi connectivity index (χ2v) is 6.53. The molecule has 1 aromatic heterocycles. The van der Waals surface area contributed by atoms with Crippen LogP contribution in [0.25, 0.3) is 0 Å². The fourth-order valence-corrected chi connectivity index (χ4v) is 3.36. The fraction of sp³-hybridized carbons (Fsp3) is 0.312. The number of nitrogens with two attached hydrogens (primary N) is 1. The van der Waals surface area contributed by atoms with E-state index < -0.39 is 5.54 Å². The molecule has 0 spiro atoms.